The van der Waals surface area contributed by atoms with Crippen molar-refractivity contribution >= 4 is 0 Å². The predicted octanol–water partition coefficient (Wildman–Crippen LogP) is 2.75. The van der Waals surface area contributed by atoms with Crippen LogP contribution in [-0.4, -0.2) is 12.1 Å². The molecule has 1 fully saturated rings. The van der Waals surface area contributed by atoms with Crippen molar-refractivity contribution in [3.8, 4) is 0 Å². The van der Waals surface area contributed by atoms with E-state index in [1.54, 1.807) is 6.07 Å². The van der Waals surface area contributed by atoms with Gasteiger partial charge >= 0.3 is 0 Å². The van der Waals surface area contributed by atoms with Gasteiger partial charge in [-0.15, -0.1) is 0 Å². The van der Waals surface area contributed by atoms with E-state index >= 15 is 0 Å². The molecule has 1 aromatic rings. The summed E-state index contributed by atoms with van der Waals surface area (Å²) in [4.78, 5) is 0. The highest BCUT2D eigenvalue weighted by Gasteiger charge is 2.21. The Balaban J connectivity index is 1.97. The minimum Gasteiger partial charge on any atom is -0.328 e. The van der Waals surface area contributed by atoms with E-state index in [4.69, 9.17) is 5.73 Å². The molecule has 3 N–H and O–H groups in total. The average Bonchev–Trinajstić information content (AvgIpc) is 2.29. The third kappa shape index (κ3) is 3.27. The summed E-state index contributed by atoms with van der Waals surface area (Å²) in [6.45, 7) is 2.01. The van der Waals surface area contributed by atoms with Gasteiger partial charge < -0.3 is 11.1 Å². The van der Waals surface area contributed by atoms with E-state index < -0.39 is 0 Å². The summed E-state index contributed by atoms with van der Waals surface area (Å²) in [6, 6.07) is 7.73. The van der Waals surface area contributed by atoms with Gasteiger partial charge in [-0.3, -0.25) is 0 Å². The van der Waals surface area contributed by atoms with E-state index in [1.807, 2.05) is 19.1 Å². The number of nitrogens with one attached hydrogen (secondary N) is 1. The van der Waals surface area contributed by atoms with Gasteiger partial charge in [-0.25, -0.2) is 4.39 Å². The van der Waals surface area contributed by atoms with Crippen LogP contribution in [0, 0.1) is 5.82 Å². The molecule has 0 aliphatic heterocycles. The minimum absolute atomic E-state index is 0.0477. The Morgan fingerprint density at radius 2 is 2.12 bits per heavy atom. The first-order valence-electron chi connectivity index (χ1n) is 6.43. The highest BCUT2D eigenvalue weighted by atomic mass is 19.1. The molecule has 0 heterocycles. The summed E-state index contributed by atoms with van der Waals surface area (Å²) in [6.07, 6.45) is 4.43. The maximum Gasteiger partial charge on any atom is 0.127 e. The number of hydrogen-bond donors (Lipinski definition) is 2. The zero-order chi connectivity index (χ0) is 12.3. The summed E-state index contributed by atoms with van der Waals surface area (Å²) >= 11 is 0. The third-order valence-corrected chi connectivity index (χ3v) is 3.57. The normalized spacial score (nSPS) is 26.8. The second-order valence-electron chi connectivity index (χ2n) is 5.03. The Hall–Kier alpha value is -0.930. The van der Waals surface area contributed by atoms with Crippen molar-refractivity contribution in [2.45, 2.75) is 50.7 Å². The molecule has 3 atom stereocenters. The van der Waals surface area contributed by atoms with Crippen LogP contribution in [0.2, 0.25) is 0 Å². The highest BCUT2D eigenvalue weighted by Crippen LogP contribution is 2.22. The van der Waals surface area contributed by atoms with Gasteiger partial charge in [0.1, 0.15) is 5.82 Å². The van der Waals surface area contributed by atoms with Crippen LogP contribution in [0.4, 0.5) is 4.39 Å². The summed E-state index contributed by atoms with van der Waals surface area (Å²) in [5.41, 5.74) is 6.70. The van der Waals surface area contributed by atoms with Crippen molar-refractivity contribution in [2.75, 3.05) is 0 Å². The molecule has 3 heteroatoms. The summed E-state index contributed by atoms with van der Waals surface area (Å²) < 4.78 is 13.6. The first-order valence-corrected chi connectivity index (χ1v) is 6.43. The standard InChI is InChI=1S/C14H21FN2/c1-10(13-7-2-3-8-14(13)15)17-12-6-4-5-11(16)9-12/h2-3,7-8,10-12,17H,4-6,9,16H2,1H3/t10-,11?,12?/m1/s1. The summed E-state index contributed by atoms with van der Waals surface area (Å²) in [5, 5.41) is 3.49. The quantitative estimate of drug-likeness (QED) is 0.847. The van der Waals surface area contributed by atoms with Crippen LogP contribution in [0.1, 0.15) is 44.2 Å². The number of benzene rings is 1. The zero-order valence-corrected chi connectivity index (χ0v) is 10.3. The molecule has 94 valence electrons. The van der Waals surface area contributed by atoms with Crippen LogP contribution in [0.5, 0.6) is 0 Å². The number of halogens is 1. The second-order valence-corrected chi connectivity index (χ2v) is 5.03. The van der Waals surface area contributed by atoms with Crippen LogP contribution in [0.15, 0.2) is 24.3 Å². The molecule has 1 saturated carbocycles. The van der Waals surface area contributed by atoms with Gasteiger partial charge in [0.15, 0.2) is 0 Å². The maximum atomic E-state index is 13.6. The summed E-state index contributed by atoms with van der Waals surface area (Å²) in [7, 11) is 0. The lowest BCUT2D eigenvalue weighted by Crippen LogP contribution is -2.40. The fraction of sp³-hybridized carbons (Fsp3) is 0.571. The van der Waals surface area contributed by atoms with Crippen molar-refractivity contribution < 1.29 is 4.39 Å². The van der Waals surface area contributed by atoms with Crippen LogP contribution < -0.4 is 11.1 Å². The SMILES string of the molecule is C[C@@H](NC1CCCC(N)C1)c1ccccc1F. The Morgan fingerprint density at radius 1 is 1.35 bits per heavy atom. The molecule has 0 aromatic heterocycles. The van der Waals surface area contributed by atoms with Crippen LogP contribution in [-0.2, 0) is 0 Å². The molecule has 0 saturated heterocycles. The van der Waals surface area contributed by atoms with Crippen molar-refractivity contribution in [3.63, 3.8) is 0 Å². The summed E-state index contributed by atoms with van der Waals surface area (Å²) in [5.74, 6) is -0.132. The molecule has 0 amide bonds. The molecule has 1 aliphatic rings. The van der Waals surface area contributed by atoms with Gasteiger partial charge in [0.25, 0.3) is 0 Å². The fourth-order valence-electron chi connectivity index (χ4n) is 2.65. The van der Waals surface area contributed by atoms with E-state index in [-0.39, 0.29) is 11.9 Å². The topological polar surface area (TPSA) is 38.0 Å². The van der Waals surface area contributed by atoms with Crippen molar-refractivity contribution in [2.24, 2.45) is 5.73 Å². The minimum atomic E-state index is -0.132. The number of nitrogens with two attached hydrogens (primary N) is 1. The van der Waals surface area contributed by atoms with Crippen molar-refractivity contribution in [1.82, 2.24) is 5.32 Å². The lowest BCUT2D eigenvalue weighted by molar-refractivity contribution is 0.316. The van der Waals surface area contributed by atoms with Gasteiger partial charge in [-0.1, -0.05) is 24.6 Å². The maximum absolute atomic E-state index is 13.6. The Kier molecular flexibility index (Phi) is 4.13. The molecular weight excluding hydrogens is 215 g/mol. The van der Waals surface area contributed by atoms with Crippen LogP contribution >= 0.6 is 0 Å². The highest BCUT2D eigenvalue weighted by molar-refractivity contribution is 5.20. The van der Waals surface area contributed by atoms with Crippen molar-refractivity contribution in [3.05, 3.63) is 35.6 Å². The predicted molar refractivity (Wildman–Crippen MR) is 68.2 cm³/mol. The molecule has 1 aliphatic carbocycles. The Bertz CT molecular complexity index is 367. The molecule has 1 aromatic carbocycles. The molecule has 0 radical (unpaired) electrons. The van der Waals surface area contributed by atoms with Gasteiger partial charge in [0.05, 0.1) is 0 Å². The Morgan fingerprint density at radius 3 is 2.82 bits per heavy atom. The molecule has 2 nitrogen and oxygen atoms in total. The first-order chi connectivity index (χ1) is 8.16. The van der Waals surface area contributed by atoms with Gasteiger partial charge in [-0.05, 0) is 32.3 Å². The largest absolute Gasteiger partial charge is 0.328 e. The van der Waals surface area contributed by atoms with Gasteiger partial charge in [0.2, 0.25) is 0 Å². The monoisotopic (exact) mass is 236 g/mol. The van der Waals surface area contributed by atoms with E-state index in [2.05, 4.69) is 5.32 Å². The molecule has 0 bridgehead atoms. The molecule has 0 spiro atoms. The van der Waals surface area contributed by atoms with E-state index in [0.717, 1.165) is 24.8 Å². The van der Waals surface area contributed by atoms with Gasteiger partial charge in [0, 0.05) is 23.7 Å². The smallest absolute Gasteiger partial charge is 0.127 e. The van der Waals surface area contributed by atoms with Crippen LogP contribution in [0.25, 0.3) is 0 Å². The molecule has 2 unspecified atom stereocenters. The third-order valence-electron chi connectivity index (χ3n) is 3.57. The zero-order valence-electron chi connectivity index (χ0n) is 10.3. The van der Waals surface area contributed by atoms with Crippen molar-refractivity contribution in [1.29, 1.82) is 0 Å². The molecular formula is C14H21FN2. The lowest BCUT2D eigenvalue weighted by Gasteiger charge is -2.30. The van der Waals surface area contributed by atoms with Crippen LogP contribution in [0.3, 0.4) is 0 Å². The molecule has 2 rings (SSSR count). The van der Waals surface area contributed by atoms with E-state index in [1.165, 1.54) is 12.5 Å². The fourth-order valence-corrected chi connectivity index (χ4v) is 2.65. The molecule has 17 heavy (non-hydrogen) atoms. The number of hydrogen-bond acceptors (Lipinski definition) is 2. The lowest BCUT2D eigenvalue weighted by atomic mass is 9.90. The average molecular weight is 236 g/mol. The van der Waals surface area contributed by atoms with E-state index in [0.29, 0.717) is 12.1 Å². The second kappa shape index (κ2) is 5.61. The number of rotatable bonds is 3. The first kappa shape index (κ1) is 12.5. The van der Waals surface area contributed by atoms with E-state index in [9.17, 15) is 4.39 Å². The van der Waals surface area contributed by atoms with Gasteiger partial charge in [-0.2, -0.15) is 0 Å². The Labute approximate surface area is 102 Å².